The van der Waals surface area contributed by atoms with E-state index in [4.69, 9.17) is 10.5 Å². The Morgan fingerprint density at radius 1 is 1.50 bits per heavy atom. The summed E-state index contributed by atoms with van der Waals surface area (Å²) >= 11 is 0. The first-order chi connectivity index (χ1) is 7.66. The minimum absolute atomic E-state index is 0.0669. The summed E-state index contributed by atoms with van der Waals surface area (Å²) in [6, 6.07) is 8.12. The van der Waals surface area contributed by atoms with Crippen molar-refractivity contribution >= 4 is 5.97 Å². The second-order valence-corrected chi connectivity index (χ2v) is 3.30. The Morgan fingerprint density at radius 3 is 2.69 bits per heavy atom. The molecule has 0 aliphatic carbocycles. The van der Waals surface area contributed by atoms with E-state index in [9.17, 15) is 9.90 Å². The van der Waals surface area contributed by atoms with E-state index >= 15 is 0 Å². The van der Waals surface area contributed by atoms with Crippen LogP contribution in [-0.4, -0.2) is 23.8 Å². The molecule has 0 saturated heterocycles. The van der Waals surface area contributed by atoms with Gasteiger partial charge in [-0.15, -0.1) is 0 Å². The number of ether oxygens (including phenoxy) is 1. The molecule has 0 aliphatic rings. The van der Waals surface area contributed by atoms with Crippen LogP contribution < -0.4 is 5.73 Å². The minimum Gasteiger partial charge on any atom is -0.459 e. The predicted molar refractivity (Wildman–Crippen MR) is 60.5 cm³/mol. The van der Waals surface area contributed by atoms with Crippen LogP contribution in [0.25, 0.3) is 0 Å². The third-order valence-electron chi connectivity index (χ3n) is 2.11. The fraction of sp³-hybridized carbons (Fsp3) is 0.250. The highest BCUT2D eigenvalue weighted by Crippen LogP contribution is 2.14. The maximum atomic E-state index is 11.3. The number of hydrogen-bond donors (Lipinski definition) is 2. The maximum absolute atomic E-state index is 11.3. The molecule has 0 spiro atoms. The summed E-state index contributed by atoms with van der Waals surface area (Å²) in [5, 5.41) is 9.63. The molecule has 1 unspecified atom stereocenters. The summed E-state index contributed by atoms with van der Waals surface area (Å²) in [6.07, 6.45) is 0.0703. The lowest BCUT2D eigenvalue weighted by atomic mass is 10.1. The number of rotatable bonds is 5. The van der Waals surface area contributed by atoms with Gasteiger partial charge in [-0.2, -0.15) is 0 Å². The minimum atomic E-state index is -1.36. The Bertz CT molecular complexity index is 351. The Kier molecular flexibility index (Phi) is 4.69. The molecule has 1 aromatic rings. The van der Waals surface area contributed by atoms with Crippen molar-refractivity contribution in [2.24, 2.45) is 5.73 Å². The predicted octanol–water partition coefficient (Wildman–Crippen LogP) is 0.776. The highest BCUT2D eigenvalue weighted by Gasteiger charge is 2.25. The second-order valence-electron chi connectivity index (χ2n) is 3.30. The molecule has 0 saturated carbocycles. The van der Waals surface area contributed by atoms with Gasteiger partial charge < -0.3 is 15.6 Å². The molecule has 16 heavy (non-hydrogen) atoms. The van der Waals surface area contributed by atoms with Gasteiger partial charge in [-0.3, -0.25) is 0 Å². The molecular formula is C12H15NO3. The van der Waals surface area contributed by atoms with Crippen molar-refractivity contribution < 1.29 is 14.6 Å². The maximum Gasteiger partial charge on any atom is 0.337 e. The van der Waals surface area contributed by atoms with E-state index in [0.29, 0.717) is 5.56 Å². The number of esters is 1. The van der Waals surface area contributed by atoms with Crippen LogP contribution in [0.1, 0.15) is 11.6 Å². The van der Waals surface area contributed by atoms with Crippen LogP contribution in [0, 0.1) is 0 Å². The molecular weight excluding hydrogens is 208 g/mol. The van der Waals surface area contributed by atoms with E-state index in [-0.39, 0.29) is 6.61 Å². The van der Waals surface area contributed by atoms with Crippen LogP contribution in [0.5, 0.6) is 0 Å². The molecule has 1 rings (SSSR count). The van der Waals surface area contributed by atoms with Gasteiger partial charge >= 0.3 is 5.97 Å². The fourth-order valence-electron chi connectivity index (χ4n) is 1.23. The van der Waals surface area contributed by atoms with Gasteiger partial charge in [0.25, 0.3) is 0 Å². The van der Waals surface area contributed by atoms with E-state index < -0.39 is 18.1 Å². The van der Waals surface area contributed by atoms with E-state index in [1.807, 2.05) is 6.07 Å². The van der Waals surface area contributed by atoms with Gasteiger partial charge in [0, 0.05) is 0 Å². The Hall–Kier alpha value is -1.65. The van der Waals surface area contributed by atoms with Crippen LogP contribution in [0.4, 0.5) is 0 Å². The van der Waals surface area contributed by atoms with Crippen LogP contribution in [-0.2, 0) is 9.53 Å². The lowest BCUT2D eigenvalue weighted by molar-refractivity contribution is -0.153. The van der Waals surface area contributed by atoms with Crippen molar-refractivity contribution in [1.82, 2.24) is 0 Å². The fourth-order valence-corrected chi connectivity index (χ4v) is 1.23. The van der Waals surface area contributed by atoms with Gasteiger partial charge in [-0.05, 0) is 5.56 Å². The number of aliphatic hydroxyl groups excluding tert-OH is 1. The SMILES string of the molecule is C=CCO[14C](=O)C(O)[C@H](N)c1ccccc1. The molecule has 0 heterocycles. The second kappa shape index (κ2) is 6.05. The molecule has 4 heteroatoms. The van der Waals surface area contributed by atoms with Gasteiger partial charge in [-0.25, -0.2) is 4.79 Å². The number of nitrogens with two attached hydrogens (primary N) is 1. The number of carbonyl (C=O) groups excluding carboxylic acids is 1. The first kappa shape index (κ1) is 12.4. The summed E-state index contributed by atoms with van der Waals surface area (Å²) in [5.41, 5.74) is 6.42. The van der Waals surface area contributed by atoms with Gasteiger partial charge in [-0.1, -0.05) is 43.0 Å². The van der Waals surface area contributed by atoms with Gasteiger partial charge in [0.1, 0.15) is 6.61 Å². The average molecular weight is 223 g/mol. The number of carbonyl (C=O) groups is 1. The van der Waals surface area contributed by atoms with Crippen molar-refractivity contribution in [3.8, 4) is 0 Å². The summed E-state index contributed by atoms with van der Waals surface area (Å²) in [6.45, 7) is 3.47. The van der Waals surface area contributed by atoms with Crippen LogP contribution in [0.2, 0.25) is 0 Å². The summed E-state index contributed by atoms with van der Waals surface area (Å²) in [4.78, 5) is 11.3. The first-order valence-corrected chi connectivity index (χ1v) is 4.93. The smallest absolute Gasteiger partial charge is 0.337 e. The Balaban J connectivity index is 2.63. The zero-order chi connectivity index (χ0) is 12.0. The quantitative estimate of drug-likeness (QED) is 0.571. The van der Waals surface area contributed by atoms with Gasteiger partial charge in [0.2, 0.25) is 0 Å². The van der Waals surface area contributed by atoms with Crippen molar-refractivity contribution in [1.29, 1.82) is 0 Å². The molecule has 0 aliphatic heterocycles. The van der Waals surface area contributed by atoms with Crippen molar-refractivity contribution in [2.75, 3.05) is 6.61 Å². The van der Waals surface area contributed by atoms with Crippen LogP contribution in [0.3, 0.4) is 0 Å². The molecule has 0 aromatic heterocycles. The highest BCUT2D eigenvalue weighted by molar-refractivity contribution is 5.75. The largest absolute Gasteiger partial charge is 0.459 e. The molecule has 4 nitrogen and oxygen atoms in total. The Morgan fingerprint density at radius 2 is 2.12 bits per heavy atom. The van der Waals surface area contributed by atoms with Gasteiger partial charge in [0.15, 0.2) is 6.10 Å². The molecule has 0 amide bonds. The van der Waals surface area contributed by atoms with Crippen LogP contribution >= 0.6 is 0 Å². The molecule has 86 valence electrons. The normalized spacial score (nSPS) is 13.9. The standard InChI is InChI=1S/C12H15NO3/c1-2-8-16-12(15)11(14)10(13)9-6-4-3-5-7-9/h2-7,10-11,14H,1,8,13H2/t10-,11?/m1/s1/i12+2. The lowest BCUT2D eigenvalue weighted by Gasteiger charge is -2.17. The topological polar surface area (TPSA) is 72.5 Å². The third kappa shape index (κ3) is 3.18. The highest BCUT2D eigenvalue weighted by atomic mass is 16.8. The summed E-state index contributed by atoms with van der Waals surface area (Å²) in [5.74, 6) is -0.740. The molecule has 1 aromatic carbocycles. The zero-order valence-electron chi connectivity index (χ0n) is 8.87. The Labute approximate surface area is 94.3 Å². The molecule has 0 radical (unpaired) electrons. The average Bonchev–Trinajstić information content (AvgIpc) is 2.35. The first-order valence-electron chi connectivity index (χ1n) is 4.93. The third-order valence-corrected chi connectivity index (χ3v) is 2.11. The summed E-state index contributed by atoms with van der Waals surface area (Å²) in [7, 11) is 0. The molecule has 0 bridgehead atoms. The van der Waals surface area contributed by atoms with Crippen LogP contribution in [0.15, 0.2) is 43.0 Å². The molecule has 0 fully saturated rings. The number of benzene rings is 1. The number of hydrogen-bond acceptors (Lipinski definition) is 4. The van der Waals surface area contributed by atoms with Crippen molar-refractivity contribution in [2.45, 2.75) is 12.1 Å². The lowest BCUT2D eigenvalue weighted by Crippen LogP contribution is -2.34. The molecule has 3 N–H and O–H groups in total. The monoisotopic (exact) mass is 223 g/mol. The van der Waals surface area contributed by atoms with Gasteiger partial charge in [0.05, 0.1) is 6.04 Å². The van der Waals surface area contributed by atoms with E-state index in [1.54, 1.807) is 24.3 Å². The molecule has 2 atom stereocenters. The van der Waals surface area contributed by atoms with Crippen molar-refractivity contribution in [3.63, 3.8) is 0 Å². The summed E-state index contributed by atoms with van der Waals surface area (Å²) < 4.78 is 4.71. The van der Waals surface area contributed by atoms with E-state index in [0.717, 1.165) is 0 Å². The zero-order valence-corrected chi connectivity index (χ0v) is 8.87. The van der Waals surface area contributed by atoms with E-state index in [2.05, 4.69) is 6.58 Å². The number of aliphatic hydroxyl groups is 1. The van der Waals surface area contributed by atoms with E-state index in [1.165, 1.54) is 6.08 Å². The van der Waals surface area contributed by atoms with Crippen molar-refractivity contribution in [3.05, 3.63) is 48.6 Å².